The van der Waals surface area contributed by atoms with Gasteiger partial charge in [0, 0.05) is 6.54 Å². The summed E-state index contributed by atoms with van der Waals surface area (Å²) in [7, 11) is -3.56. The molecule has 1 aromatic carbocycles. The summed E-state index contributed by atoms with van der Waals surface area (Å²) in [4.78, 5) is 4.42. The standard InChI is InChI=1S/C15H19N3O2S/c1-12(2)10-16-15-9-8-13(11-17-15)18-21(19,20)14-6-4-3-5-7-14/h3-9,11-12,18H,10H2,1-2H3,(H,16,17). The third kappa shape index (κ3) is 4.46. The molecule has 0 saturated heterocycles. The molecule has 2 aromatic rings. The first kappa shape index (κ1) is 15.3. The van der Waals surface area contributed by atoms with Gasteiger partial charge >= 0.3 is 0 Å². The first-order chi connectivity index (χ1) is 9.97. The Bertz CT molecular complexity index is 668. The molecule has 5 nitrogen and oxygen atoms in total. The number of rotatable bonds is 6. The van der Waals surface area contributed by atoms with Gasteiger partial charge < -0.3 is 5.32 Å². The van der Waals surface area contributed by atoms with Crippen LogP contribution in [-0.4, -0.2) is 19.9 Å². The predicted octanol–water partition coefficient (Wildman–Crippen LogP) is 2.95. The third-order valence-corrected chi connectivity index (χ3v) is 4.16. The molecule has 21 heavy (non-hydrogen) atoms. The Hall–Kier alpha value is -2.08. The molecule has 0 atom stereocenters. The lowest BCUT2D eigenvalue weighted by atomic mass is 10.2. The Morgan fingerprint density at radius 1 is 1.10 bits per heavy atom. The maximum Gasteiger partial charge on any atom is 0.261 e. The molecule has 1 aromatic heterocycles. The van der Waals surface area contributed by atoms with E-state index in [1.165, 1.54) is 6.20 Å². The number of nitrogens with one attached hydrogen (secondary N) is 2. The van der Waals surface area contributed by atoms with E-state index in [0.29, 0.717) is 11.6 Å². The van der Waals surface area contributed by atoms with Crippen LogP contribution in [0, 0.1) is 5.92 Å². The van der Waals surface area contributed by atoms with Crippen molar-refractivity contribution in [1.29, 1.82) is 0 Å². The molecular weight excluding hydrogens is 286 g/mol. The Balaban J connectivity index is 2.06. The van der Waals surface area contributed by atoms with E-state index in [1.54, 1.807) is 42.5 Å². The highest BCUT2D eigenvalue weighted by Crippen LogP contribution is 2.16. The van der Waals surface area contributed by atoms with E-state index in [1.807, 2.05) is 0 Å². The van der Waals surface area contributed by atoms with E-state index in [4.69, 9.17) is 0 Å². The van der Waals surface area contributed by atoms with Crippen LogP contribution in [0.1, 0.15) is 13.8 Å². The Morgan fingerprint density at radius 2 is 1.81 bits per heavy atom. The number of nitrogens with zero attached hydrogens (tertiary/aromatic N) is 1. The lowest BCUT2D eigenvalue weighted by molar-refractivity contribution is 0.601. The van der Waals surface area contributed by atoms with Gasteiger partial charge in [0.15, 0.2) is 0 Å². The summed E-state index contributed by atoms with van der Waals surface area (Å²) in [5.41, 5.74) is 0.439. The van der Waals surface area contributed by atoms with Gasteiger partial charge in [-0.05, 0) is 30.2 Å². The highest BCUT2D eigenvalue weighted by atomic mass is 32.2. The molecule has 0 amide bonds. The van der Waals surface area contributed by atoms with E-state index >= 15 is 0 Å². The van der Waals surface area contributed by atoms with Gasteiger partial charge in [-0.1, -0.05) is 32.0 Å². The molecule has 0 aliphatic rings. The van der Waals surface area contributed by atoms with Crippen molar-refractivity contribution in [2.45, 2.75) is 18.7 Å². The predicted molar refractivity (Wildman–Crippen MR) is 84.8 cm³/mol. The fraction of sp³-hybridized carbons (Fsp3) is 0.267. The van der Waals surface area contributed by atoms with Gasteiger partial charge in [-0.15, -0.1) is 0 Å². The molecule has 0 bridgehead atoms. The number of pyridine rings is 1. The van der Waals surface area contributed by atoms with Crippen LogP contribution in [0.2, 0.25) is 0 Å². The number of aromatic nitrogens is 1. The van der Waals surface area contributed by atoms with Gasteiger partial charge in [0.1, 0.15) is 5.82 Å². The number of sulfonamides is 1. The SMILES string of the molecule is CC(C)CNc1ccc(NS(=O)(=O)c2ccccc2)cn1. The van der Waals surface area contributed by atoms with Crippen LogP contribution in [0.15, 0.2) is 53.6 Å². The molecule has 0 unspecified atom stereocenters. The second kappa shape index (κ2) is 6.58. The molecule has 0 fully saturated rings. The largest absolute Gasteiger partial charge is 0.370 e. The molecule has 1 heterocycles. The molecule has 2 rings (SSSR count). The minimum absolute atomic E-state index is 0.229. The highest BCUT2D eigenvalue weighted by Gasteiger charge is 2.13. The van der Waals surface area contributed by atoms with Crippen molar-refractivity contribution in [2.24, 2.45) is 5.92 Å². The monoisotopic (exact) mass is 305 g/mol. The van der Waals surface area contributed by atoms with Crippen molar-refractivity contribution in [2.75, 3.05) is 16.6 Å². The fourth-order valence-electron chi connectivity index (χ4n) is 1.68. The summed E-state index contributed by atoms with van der Waals surface area (Å²) >= 11 is 0. The summed E-state index contributed by atoms with van der Waals surface area (Å²) < 4.78 is 26.8. The topological polar surface area (TPSA) is 71.1 Å². The summed E-state index contributed by atoms with van der Waals surface area (Å²) in [5, 5.41) is 3.18. The van der Waals surface area contributed by atoms with Gasteiger partial charge in [0.05, 0.1) is 16.8 Å². The molecular formula is C15H19N3O2S. The number of anilines is 2. The Kier molecular flexibility index (Phi) is 4.80. The highest BCUT2D eigenvalue weighted by molar-refractivity contribution is 7.92. The molecule has 0 spiro atoms. The summed E-state index contributed by atoms with van der Waals surface area (Å²) in [6.07, 6.45) is 1.50. The van der Waals surface area contributed by atoms with Crippen LogP contribution in [0.3, 0.4) is 0 Å². The van der Waals surface area contributed by atoms with Crippen LogP contribution in [0.5, 0.6) is 0 Å². The quantitative estimate of drug-likeness (QED) is 0.861. The normalized spacial score (nSPS) is 11.4. The van der Waals surface area contributed by atoms with Gasteiger partial charge in [-0.2, -0.15) is 0 Å². The van der Waals surface area contributed by atoms with E-state index in [2.05, 4.69) is 28.9 Å². The molecule has 2 N–H and O–H groups in total. The van der Waals surface area contributed by atoms with E-state index in [0.717, 1.165) is 12.4 Å². The molecule has 0 radical (unpaired) electrons. The van der Waals surface area contributed by atoms with Crippen molar-refractivity contribution in [3.8, 4) is 0 Å². The fourth-order valence-corrected chi connectivity index (χ4v) is 2.75. The molecule has 0 aliphatic heterocycles. The second-order valence-corrected chi connectivity index (χ2v) is 6.81. The second-order valence-electron chi connectivity index (χ2n) is 5.13. The van der Waals surface area contributed by atoms with Crippen molar-refractivity contribution in [3.63, 3.8) is 0 Å². The molecule has 0 saturated carbocycles. The lowest BCUT2D eigenvalue weighted by Gasteiger charge is -2.10. The summed E-state index contributed by atoms with van der Waals surface area (Å²) in [5.74, 6) is 1.24. The van der Waals surface area contributed by atoms with Gasteiger partial charge in [-0.25, -0.2) is 13.4 Å². The van der Waals surface area contributed by atoms with Crippen LogP contribution < -0.4 is 10.0 Å². The average Bonchev–Trinajstić information content (AvgIpc) is 2.47. The van der Waals surface area contributed by atoms with Crippen LogP contribution >= 0.6 is 0 Å². The Morgan fingerprint density at radius 3 is 2.38 bits per heavy atom. The smallest absolute Gasteiger partial charge is 0.261 e. The number of benzene rings is 1. The molecule has 0 aliphatic carbocycles. The minimum atomic E-state index is -3.56. The Labute approximate surface area is 125 Å². The molecule has 6 heteroatoms. The maximum absolute atomic E-state index is 12.1. The summed E-state index contributed by atoms with van der Waals surface area (Å²) in [6, 6.07) is 11.7. The van der Waals surface area contributed by atoms with Gasteiger partial charge in [0.25, 0.3) is 10.0 Å². The van der Waals surface area contributed by atoms with Crippen LogP contribution in [0.25, 0.3) is 0 Å². The molecule has 112 valence electrons. The zero-order valence-corrected chi connectivity index (χ0v) is 12.9. The van der Waals surface area contributed by atoms with E-state index in [9.17, 15) is 8.42 Å². The van der Waals surface area contributed by atoms with Crippen molar-refractivity contribution in [1.82, 2.24) is 4.98 Å². The first-order valence-electron chi connectivity index (χ1n) is 6.75. The first-order valence-corrected chi connectivity index (χ1v) is 8.23. The van der Waals surface area contributed by atoms with Gasteiger partial charge in [0.2, 0.25) is 0 Å². The average molecular weight is 305 g/mol. The van der Waals surface area contributed by atoms with Crippen molar-refractivity contribution < 1.29 is 8.42 Å². The third-order valence-electron chi connectivity index (χ3n) is 2.76. The summed E-state index contributed by atoms with van der Waals surface area (Å²) in [6.45, 7) is 5.03. The number of hydrogen-bond donors (Lipinski definition) is 2. The van der Waals surface area contributed by atoms with E-state index < -0.39 is 10.0 Å². The zero-order chi connectivity index (χ0) is 15.3. The minimum Gasteiger partial charge on any atom is -0.370 e. The van der Waals surface area contributed by atoms with Crippen LogP contribution in [-0.2, 0) is 10.0 Å². The van der Waals surface area contributed by atoms with E-state index in [-0.39, 0.29) is 4.90 Å². The van der Waals surface area contributed by atoms with Crippen molar-refractivity contribution in [3.05, 3.63) is 48.7 Å². The lowest BCUT2D eigenvalue weighted by Crippen LogP contribution is -2.13. The maximum atomic E-state index is 12.1. The zero-order valence-electron chi connectivity index (χ0n) is 12.1. The van der Waals surface area contributed by atoms with Gasteiger partial charge in [-0.3, -0.25) is 4.72 Å². The number of hydrogen-bond acceptors (Lipinski definition) is 4. The van der Waals surface area contributed by atoms with Crippen molar-refractivity contribution >= 4 is 21.5 Å². The van der Waals surface area contributed by atoms with Crippen LogP contribution in [0.4, 0.5) is 11.5 Å².